The number of aryl methyl sites for hydroxylation is 1. The fourth-order valence-corrected chi connectivity index (χ4v) is 4.17. The minimum absolute atomic E-state index is 0.00177. The maximum absolute atomic E-state index is 14.3. The van der Waals surface area contributed by atoms with Gasteiger partial charge in [-0.3, -0.25) is 0 Å². The molecule has 152 valence electrons. The Morgan fingerprint density at radius 3 is 2.66 bits per heavy atom. The van der Waals surface area contributed by atoms with Crippen molar-refractivity contribution in [1.82, 2.24) is 14.3 Å². The number of nitrogens with one attached hydrogen (secondary N) is 1. The highest BCUT2D eigenvalue weighted by atomic mass is 32.2. The van der Waals surface area contributed by atoms with Crippen molar-refractivity contribution in [3.8, 4) is 11.3 Å². The monoisotopic (exact) mass is 421 g/mol. The third kappa shape index (κ3) is 4.27. The van der Waals surface area contributed by atoms with Gasteiger partial charge in [-0.25, -0.2) is 26.6 Å². The summed E-state index contributed by atoms with van der Waals surface area (Å²) in [7, 11) is -4.25. The third-order valence-electron chi connectivity index (χ3n) is 4.27. The van der Waals surface area contributed by atoms with Gasteiger partial charge in [0.1, 0.15) is 5.82 Å². The SMILES string of the molecule is Cc1ccc(S(=O)(=O)n2cc(CCNC(=O)O)cc2-c2cccnc2F)cc1F. The predicted molar refractivity (Wildman–Crippen MR) is 101 cm³/mol. The molecule has 2 heterocycles. The first-order valence-corrected chi connectivity index (χ1v) is 9.95. The van der Waals surface area contributed by atoms with Crippen molar-refractivity contribution in [2.24, 2.45) is 0 Å². The van der Waals surface area contributed by atoms with Crippen LogP contribution in [0.25, 0.3) is 11.3 Å². The number of carboxylic acid groups (broad SMARTS) is 1. The Morgan fingerprint density at radius 1 is 1.24 bits per heavy atom. The quantitative estimate of drug-likeness (QED) is 0.596. The van der Waals surface area contributed by atoms with Crippen LogP contribution in [0.5, 0.6) is 0 Å². The predicted octanol–water partition coefficient (Wildman–Crippen LogP) is 3.18. The van der Waals surface area contributed by atoms with Gasteiger partial charge in [-0.05, 0) is 54.8 Å². The first kappa shape index (κ1) is 20.5. The Bertz CT molecular complexity index is 1180. The van der Waals surface area contributed by atoms with Crippen LogP contribution in [0.3, 0.4) is 0 Å². The Hall–Kier alpha value is -3.27. The van der Waals surface area contributed by atoms with Gasteiger partial charge >= 0.3 is 6.09 Å². The summed E-state index contributed by atoms with van der Waals surface area (Å²) < 4.78 is 55.4. The highest BCUT2D eigenvalue weighted by Crippen LogP contribution is 2.29. The van der Waals surface area contributed by atoms with E-state index >= 15 is 0 Å². The zero-order valence-corrected chi connectivity index (χ0v) is 16.1. The molecule has 0 atom stereocenters. The molecule has 0 unspecified atom stereocenters. The first-order chi connectivity index (χ1) is 13.7. The van der Waals surface area contributed by atoms with Crippen LogP contribution >= 0.6 is 0 Å². The molecular formula is C19H17F2N3O4S. The van der Waals surface area contributed by atoms with Crippen molar-refractivity contribution in [1.29, 1.82) is 0 Å². The molecule has 10 heteroatoms. The topological polar surface area (TPSA) is 101 Å². The normalized spacial score (nSPS) is 11.4. The summed E-state index contributed by atoms with van der Waals surface area (Å²) in [5.41, 5.74) is 0.687. The van der Waals surface area contributed by atoms with Gasteiger partial charge in [-0.2, -0.15) is 4.39 Å². The second-order valence-corrected chi connectivity index (χ2v) is 8.08. The van der Waals surface area contributed by atoms with E-state index in [1.54, 1.807) is 0 Å². The molecule has 0 aliphatic carbocycles. The number of amides is 1. The molecule has 3 rings (SSSR count). The van der Waals surface area contributed by atoms with Gasteiger partial charge in [0.15, 0.2) is 0 Å². The molecule has 0 fully saturated rings. The highest BCUT2D eigenvalue weighted by molar-refractivity contribution is 7.90. The van der Waals surface area contributed by atoms with Crippen molar-refractivity contribution in [2.75, 3.05) is 6.54 Å². The molecule has 0 radical (unpaired) electrons. The molecular weight excluding hydrogens is 404 g/mol. The van der Waals surface area contributed by atoms with Crippen LogP contribution < -0.4 is 5.32 Å². The number of pyridine rings is 1. The smallest absolute Gasteiger partial charge is 0.404 e. The lowest BCUT2D eigenvalue weighted by molar-refractivity contribution is 0.194. The molecule has 3 aromatic rings. The summed E-state index contributed by atoms with van der Waals surface area (Å²) in [4.78, 5) is 13.9. The molecule has 0 spiro atoms. The van der Waals surface area contributed by atoms with Crippen LogP contribution in [0.1, 0.15) is 11.1 Å². The van der Waals surface area contributed by atoms with E-state index in [0.717, 1.165) is 10.0 Å². The molecule has 29 heavy (non-hydrogen) atoms. The lowest BCUT2D eigenvalue weighted by Gasteiger charge is -2.11. The fraction of sp³-hybridized carbons (Fsp3) is 0.158. The van der Waals surface area contributed by atoms with E-state index in [4.69, 9.17) is 5.11 Å². The lowest BCUT2D eigenvalue weighted by atomic mass is 10.1. The first-order valence-electron chi connectivity index (χ1n) is 8.51. The Kier molecular flexibility index (Phi) is 5.64. The van der Waals surface area contributed by atoms with E-state index < -0.39 is 27.9 Å². The fourth-order valence-electron chi connectivity index (χ4n) is 2.77. The van der Waals surface area contributed by atoms with Crippen molar-refractivity contribution >= 4 is 16.1 Å². The zero-order valence-electron chi connectivity index (χ0n) is 15.3. The molecule has 0 aliphatic heterocycles. The standard InChI is InChI=1S/C19H17F2N3O4S/c1-12-4-5-14(10-16(12)20)29(27,28)24-11-13(6-8-23-19(25)26)9-17(24)15-3-2-7-22-18(15)21/h2-5,7,9-11,23H,6,8H2,1H3,(H,25,26). The van der Waals surface area contributed by atoms with Gasteiger partial charge in [0.25, 0.3) is 10.0 Å². The minimum atomic E-state index is -4.25. The van der Waals surface area contributed by atoms with Crippen molar-refractivity contribution in [2.45, 2.75) is 18.2 Å². The van der Waals surface area contributed by atoms with Gasteiger partial charge in [0, 0.05) is 18.9 Å². The van der Waals surface area contributed by atoms with Crippen molar-refractivity contribution in [3.63, 3.8) is 0 Å². The van der Waals surface area contributed by atoms with E-state index in [1.807, 2.05) is 0 Å². The number of hydrogen-bond acceptors (Lipinski definition) is 4. The molecule has 2 N–H and O–H groups in total. The second-order valence-electron chi connectivity index (χ2n) is 6.27. The molecule has 1 aromatic carbocycles. The van der Waals surface area contributed by atoms with Crippen molar-refractivity contribution < 1.29 is 27.1 Å². The van der Waals surface area contributed by atoms with E-state index in [2.05, 4.69) is 10.3 Å². The summed E-state index contributed by atoms with van der Waals surface area (Å²) in [5.74, 6) is -1.55. The van der Waals surface area contributed by atoms with Crippen LogP contribution in [-0.4, -0.2) is 35.1 Å². The number of aromatic nitrogens is 2. The third-order valence-corrected chi connectivity index (χ3v) is 5.94. The van der Waals surface area contributed by atoms with Crippen LogP contribution in [-0.2, 0) is 16.4 Å². The second kappa shape index (κ2) is 8.00. The zero-order chi connectivity index (χ0) is 21.2. The number of carbonyl (C=O) groups is 1. The summed E-state index contributed by atoms with van der Waals surface area (Å²) in [6, 6.07) is 7.78. The van der Waals surface area contributed by atoms with E-state index in [1.165, 1.54) is 49.6 Å². The molecule has 0 saturated heterocycles. The number of nitrogens with zero attached hydrogens (tertiary/aromatic N) is 2. The summed E-state index contributed by atoms with van der Waals surface area (Å²) >= 11 is 0. The molecule has 0 saturated carbocycles. The Morgan fingerprint density at radius 2 is 2.00 bits per heavy atom. The molecule has 7 nitrogen and oxygen atoms in total. The summed E-state index contributed by atoms with van der Waals surface area (Å²) in [5, 5.41) is 10.9. The largest absolute Gasteiger partial charge is 0.465 e. The lowest BCUT2D eigenvalue weighted by Crippen LogP contribution is -2.23. The molecule has 1 amide bonds. The average molecular weight is 421 g/mol. The summed E-state index contributed by atoms with van der Waals surface area (Å²) in [6.07, 6.45) is 1.45. The minimum Gasteiger partial charge on any atom is -0.465 e. The van der Waals surface area contributed by atoms with Crippen molar-refractivity contribution in [3.05, 3.63) is 71.7 Å². The van der Waals surface area contributed by atoms with Crippen LogP contribution in [0, 0.1) is 18.7 Å². The number of rotatable bonds is 6. The number of benzene rings is 1. The molecule has 0 bridgehead atoms. The van der Waals surface area contributed by atoms with Gasteiger partial charge in [0.05, 0.1) is 16.2 Å². The Labute approximate surface area is 165 Å². The Balaban J connectivity index is 2.12. The maximum atomic E-state index is 14.3. The van der Waals surface area contributed by atoms with Gasteiger partial charge in [0.2, 0.25) is 5.95 Å². The van der Waals surface area contributed by atoms with Crippen LogP contribution in [0.15, 0.2) is 53.7 Å². The number of hydrogen-bond donors (Lipinski definition) is 2. The molecule has 0 aliphatic rings. The van der Waals surface area contributed by atoms with Gasteiger partial charge < -0.3 is 10.4 Å². The van der Waals surface area contributed by atoms with E-state index in [0.29, 0.717) is 5.56 Å². The van der Waals surface area contributed by atoms with Crippen LogP contribution in [0.2, 0.25) is 0 Å². The van der Waals surface area contributed by atoms with Gasteiger partial charge in [-0.15, -0.1) is 0 Å². The maximum Gasteiger partial charge on any atom is 0.404 e. The molecule has 2 aromatic heterocycles. The van der Waals surface area contributed by atoms with Crippen LogP contribution in [0.4, 0.5) is 13.6 Å². The van der Waals surface area contributed by atoms with E-state index in [9.17, 15) is 22.0 Å². The summed E-state index contributed by atoms with van der Waals surface area (Å²) in [6.45, 7) is 1.54. The average Bonchev–Trinajstić information content (AvgIpc) is 3.08. The van der Waals surface area contributed by atoms with Gasteiger partial charge in [-0.1, -0.05) is 6.07 Å². The van der Waals surface area contributed by atoms with E-state index in [-0.39, 0.29) is 34.7 Å². The number of halogens is 2. The highest BCUT2D eigenvalue weighted by Gasteiger charge is 2.24.